The fourth-order valence-corrected chi connectivity index (χ4v) is 2.57. The molecule has 0 bridgehead atoms. The molecule has 0 saturated carbocycles. The Balaban J connectivity index is 2.66. The number of nitrogens with zero attached hydrogens (tertiary/aromatic N) is 1. The first-order chi connectivity index (χ1) is 7.74. The van der Waals surface area contributed by atoms with Gasteiger partial charge in [-0.25, -0.2) is 0 Å². The van der Waals surface area contributed by atoms with Crippen LogP contribution in [0, 0.1) is 3.57 Å². The van der Waals surface area contributed by atoms with E-state index in [1.807, 2.05) is 12.1 Å². The maximum Gasteiger partial charge on any atom is 0.159 e. The predicted molar refractivity (Wildman–Crippen MR) is 71.0 cm³/mol. The number of carbonyl (C=O) groups excluding carboxylic acids is 1. The molecular weight excluding hydrogens is 340 g/mol. The van der Waals surface area contributed by atoms with Crippen molar-refractivity contribution in [3.8, 4) is 5.75 Å². The zero-order chi connectivity index (χ0) is 11.5. The van der Waals surface area contributed by atoms with Gasteiger partial charge in [-0.15, -0.1) is 0 Å². The first-order valence-electron chi connectivity index (χ1n) is 4.53. The largest absolute Gasteiger partial charge is 0.483 e. The molecule has 0 aliphatic rings. The summed E-state index contributed by atoms with van der Waals surface area (Å²) in [4.78, 5) is 14.5. The van der Waals surface area contributed by atoms with Crippen molar-refractivity contribution >= 4 is 51.4 Å². The molecule has 1 aromatic carbocycles. The lowest BCUT2D eigenvalue weighted by molar-refractivity contribution is -0.109. The summed E-state index contributed by atoms with van der Waals surface area (Å²) in [6, 6.07) is 5.48. The summed E-state index contributed by atoms with van der Waals surface area (Å²) in [5.74, 6) is 0.604. The van der Waals surface area contributed by atoms with Gasteiger partial charge in [0.1, 0.15) is 12.1 Å². The molecule has 82 valence electrons. The van der Waals surface area contributed by atoms with Crippen LogP contribution in [0.2, 0.25) is 5.02 Å². The predicted octanol–water partition coefficient (Wildman–Crippen LogP) is 3.07. The first kappa shape index (κ1) is 11.6. The standard InChI is InChI=1S/C11H7ClINO2/c12-8-6-9(13)11(16-5-4-15)10-7(8)2-1-3-14-10/h1-4,6H,5H2. The van der Waals surface area contributed by atoms with E-state index in [0.717, 1.165) is 8.96 Å². The Kier molecular flexibility index (Phi) is 3.60. The summed E-state index contributed by atoms with van der Waals surface area (Å²) in [6.07, 6.45) is 2.38. The van der Waals surface area contributed by atoms with Crippen LogP contribution in [0.3, 0.4) is 0 Å². The molecule has 0 unspecified atom stereocenters. The molecule has 0 saturated heterocycles. The van der Waals surface area contributed by atoms with Crippen molar-refractivity contribution in [3.05, 3.63) is 33.0 Å². The van der Waals surface area contributed by atoms with E-state index in [0.29, 0.717) is 22.6 Å². The summed E-state index contributed by atoms with van der Waals surface area (Å²) in [7, 11) is 0. The van der Waals surface area contributed by atoms with Crippen LogP contribution in [0.15, 0.2) is 24.4 Å². The number of hydrogen-bond donors (Lipinski definition) is 0. The van der Waals surface area contributed by atoms with Crippen molar-refractivity contribution < 1.29 is 9.53 Å². The Bertz CT molecular complexity index is 545. The number of carbonyl (C=O) groups is 1. The Morgan fingerprint density at radius 1 is 1.56 bits per heavy atom. The van der Waals surface area contributed by atoms with Gasteiger partial charge in [-0.1, -0.05) is 11.6 Å². The van der Waals surface area contributed by atoms with Crippen LogP contribution < -0.4 is 4.74 Å². The molecule has 3 nitrogen and oxygen atoms in total. The van der Waals surface area contributed by atoms with Crippen LogP contribution in [0.4, 0.5) is 0 Å². The van der Waals surface area contributed by atoms with E-state index in [9.17, 15) is 4.79 Å². The highest BCUT2D eigenvalue weighted by molar-refractivity contribution is 14.1. The van der Waals surface area contributed by atoms with Crippen LogP contribution in [0.25, 0.3) is 10.9 Å². The third kappa shape index (κ3) is 2.12. The molecule has 2 aromatic rings. The number of aldehydes is 1. The van der Waals surface area contributed by atoms with Gasteiger partial charge >= 0.3 is 0 Å². The minimum Gasteiger partial charge on any atom is -0.483 e. The van der Waals surface area contributed by atoms with E-state index in [4.69, 9.17) is 16.3 Å². The number of halogens is 2. The molecule has 0 radical (unpaired) electrons. The topological polar surface area (TPSA) is 39.2 Å². The van der Waals surface area contributed by atoms with E-state index < -0.39 is 0 Å². The van der Waals surface area contributed by atoms with Crippen LogP contribution in [0.5, 0.6) is 5.75 Å². The molecule has 0 atom stereocenters. The molecule has 0 spiro atoms. The van der Waals surface area contributed by atoms with Crippen molar-refractivity contribution in [3.63, 3.8) is 0 Å². The first-order valence-corrected chi connectivity index (χ1v) is 5.99. The zero-order valence-electron chi connectivity index (χ0n) is 8.11. The summed E-state index contributed by atoms with van der Waals surface area (Å²) < 4.78 is 6.20. The van der Waals surface area contributed by atoms with E-state index in [1.54, 1.807) is 12.3 Å². The van der Waals surface area contributed by atoms with E-state index in [-0.39, 0.29) is 6.61 Å². The highest BCUT2D eigenvalue weighted by Gasteiger charge is 2.11. The van der Waals surface area contributed by atoms with Gasteiger partial charge in [-0.05, 0) is 40.8 Å². The van der Waals surface area contributed by atoms with Crippen molar-refractivity contribution in [1.82, 2.24) is 4.98 Å². The molecular formula is C11H7ClINO2. The molecule has 0 aliphatic carbocycles. The summed E-state index contributed by atoms with van der Waals surface area (Å²) in [5, 5.41) is 1.46. The van der Waals surface area contributed by atoms with Gasteiger partial charge in [0.25, 0.3) is 0 Å². The maximum absolute atomic E-state index is 10.3. The van der Waals surface area contributed by atoms with Gasteiger partial charge in [-0.2, -0.15) is 0 Å². The van der Waals surface area contributed by atoms with Gasteiger partial charge < -0.3 is 4.74 Å². The number of fused-ring (bicyclic) bond motifs is 1. The van der Waals surface area contributed by atoms with Gasteiger partial charge in [0.05, 0.1) is 8.59 Å². The number of benzene rings is 1. The number of pyridine rings is 1. The lowest BCUT2D eigenvalue weighted by Gasteiger charge is -2.09. The molecule has 16 heavy (non-hydrogen) atoms. The summed E-state index contributed by atoms with van der Waals surface area (Å²) in [6.45, 7) is 0.0172. The van der Waals surface area contributed by atoms with E-state index in [1.165, 1.54) is 0 Å². The average Bonchev–Trinajstić information content (AvgIpc) is 2.29. The van der Waals surface area contributed by atoms with Crippen LogP contribution in [-0.4, -0.2) is 17.9 Å². The van der Waals surface area contributed by atoms with Crippen molar-refractivity contribution in [2.75, 3.05) is 6.61 Å². The SMILES string of the molecule is O=CCOc1c(I)cc(Cl)c2cccnc12. The molecule has 5 heteroatoms. The highest BCUT2D eigenvalue weighted by atomic mass is 127. The average molecular weight is 348 g/mol. The van der Waals surface area contributed by atoms with Gasteiger partial charge in [0.15, 0.2) is 12.0 Å². The number of hydrogen-bond acceptors (Lipinski definition) is 3. The Labute approximate surface area is 111 Å². The molecule has 2 rings (SSSR count). The summed E-state index contributed by atoms with van der Waals surface area (Å²) >= 11 is 8.21. The second kappa shape index (κ2) is 4.97. The zero-order valence-corrected chi connectivity index (χ0v) is 11.0. The maximum atomic E-state index is 10.3. The van der Waals surface area contributed by atoms with Crippen molar-refractivity contribution in [1.29, 1.82) is 0 Å². The van der Waals surface area contributed by atoms with Gasteiger partial charge in [-0.3, -0.25) is 9.78 Å². The molecule has 1 heterocycles. The molecule has 0 fully saturated rings. The molecule has 1 aromatic heterocycles. The minimum absolute atomic E-state index is 0.0172. The number of rotatable bonds is 3. The molecule has 0 N–H and O–H groups in total. The fourth-order valence-electron chi connectivity index (χ4n) is 1.40. The second-order valence-corrected chi connectivity index (χ2v) is 4.62. The minimum atomic E-state index is 0.0172. The van der Waals surface area contributed by atoms with Gasteiger partial charge in [0.2, 0.25) is 0 Å². The smallest absolute Gasteiger partial charge is 0.159 e. The second-order valence-electron chi connectivity index (χ2n) is 3.05. The Morgan fingerprint density at radius 3 is 3.12 bits per heavy atom. The van der Waals surface area contributed by atoms with Crippen LogP contribution in [0.1, 0.15) is 0 Å². The number of ether oxygens (including phenoxy) is 1. The fraction of sp³-hybridized carbons (Fsp3) is 0.0909. The van der Waals surface area contributed by atoms with E-state index in [2.05, 4.69) is 27.6 Å². The van der Waals surface area contributed by atoms with Crippen molar-refractivity contribution in [2.24, 2.45) is 0 Å². The Morgan fingerprint density at radius 2 is 2.38 bits per heavy atom. The molecule has 0 amide bonds. The van der Waals surface area contributed by atoms with Crippen LogP contribution in [-0.2, 0) is 4.79 Å². The lowest BCUT2D eigenvalue weighted by Crippen LogP contribution is -2.01. The quantitative estimate of drug-likeness (QED) is 0.633. The molecule has 0 aliphatic heterocycles. The van der Waals surface area contributed by atoms with Crippen molar-refractivity contribution in [2.45, 2.75) is 0 Å². The Hall–Kier alpha value is -0.880. The number of aromatic nitrogens is 1. The highest BCUT2D eigenvalue weighted by Crippen LogP contribution is 2.34. The third-order valence-corrected chi connectivity index (χ3v) is 3.16. The van der Waals surface area contributed by atoms with Gasteiger partial charge in [0, 0.05) is 11.6 Å². The third-order valence-electron chi connectivity index (χ3n) is 2.05. The normalized spacial score (nSPS) is 10.4. The van der Waals surface area contributed by atoms with Crippen LogP contribution >= 0.6 is 34.2 Å². The monoisotopic (exact) mass is 347 g/mol. The van der Waals surface area contributed by atoms with E-state index >= 15 is 0 Å². The lowest BCUT2D eigenvalue weighted by atomic mass is 10.2. The summed E-state index contributed by atoms with van der Waals surface area (Å²) in [5.41, 5.74) is 0.682.